The Labute approximate surface area is 140 Å². The quantitative estimate of drug-likeness (QED) is 0.787. The molecule has 1 unspecified atom stereocenters. The first kappa shape index (κ1) is 16.4. The number of nitrogens with one attached hydrogen (secondary N) is 1. The molecule has 0 saturated heterocycles. The molecule has 5 nitrogen and oxygen atoms in total. The minimum atomic E-state index is -0.285. The van der Waals surface area contributed by atoms with Crippen LogP contribution in [-0.2, 0) is 4.79 Å². The molecule has 1 atom stereocenters. The van der Waals surface area contributed by atoms with E-state index in [1.54, 1.807) is 18.2 Å². The van der Waals surface area contributed by atoms with Gasteiger partial charge < -0.3 is 11.1 Å². The Balaban J connectivity index is 2.04. The number of nitrogen functional groups attached to an aromatic ring is 1. The molecule has 0 radical (unpaired) electrons. The van der Waals surface area contributed by atoms with Gasteiger partial charge in [0, 0.05) is 5.69 Å². The van der Waals surface area contributed by atoms with Crippen molar-refractivity contribution in [1.29, 1.82) is 0 Å². The number of thioether (sulfide) groups is 1. The van der Waals surface area contributed by atoms with E-state index < -0.39 is 0 Å². The molecule has 1 aromatic carbocycles. The van der Waals surface area contributed by atoms with Gasteiger partial charge in [-0.15, -0.1) is 10.2 Å². The molecular weight excluding hydrogens is 351 g/mol. The summed E-state index contributed by atoms with van der Waals surface area (Å²) in [7, 11) is 0. The van der Waals surface area contributed by atoms with E-state index in [0.717, 1.165) is 0 Å². The van der Waals surface area contributed by atoms with Crippen molar-refractivity contribution in [2.24, 2.45) is 0 Å². The van der Waals surface area contributed by atoms with E-state index in [1.165, 1.54) is 23.1 Å². The Bertz CT molecular complexity index is 650. The molecule has 1 aromatic heterocycles. The van der Waals surface area contributed by atoms with Crippen molar-refractivity contribution in [3.63, 3.8) is 0 Å². The number of nitrogens with two attached hydrogens (primary N) is 1. The Kier molecular flexibility index (Phi) is 5.69. The van der Waals surface area contributed by atoms with Crippen molar-refractivity contribution in [2.75, 3.05) is 11.1 Å². The number of carbonyl (C=O) groups is 1. The standard InChI is InChI=1S/C12H12Cl2N4OS2/c1-2-9(20-12-18-17-11(15)21-12)10(19)16-6-3-4-7(13)8(14)5-6/h3-5,9H,2H2,1H3,(H2,15,17)(H,16,19). The van der Waals surface area contributed by atoms with Gasteiger partial charge in [-0.25, -0.2) is 0 Å². The number of carbonyl (C=O) groups excluding carboxylic acids is 1. The zero-order valence-electron chi connectivity index (χ0n) is 11.0. The molecule has 0 aliphatic heterocycles. The van der Waals surface area contributed by atoms with Gasteiger partial charge in [-0.3, -0.25) is 4.79 Å². The van der Waals surface area contributed by atoms with E-state index >= 15 is 0 Å². The van der Waals surface area contributed by atoms with Crippen LogP contribution in [0.1, 0.15) is 13.3 Å². The predicted molar refractivity (Wildman–Crippen MR) is 89.3 cm³/mol. The molecule has 0 fully saturated rings. The van der Waals surface area contributed by atoms with E-state index in [1.807, 2.05) is 6.92 Å². The Morgan fingerprint density at radius 3 is 2.76 bits per heavy atom. The first-order valence-electron chi connectivity index (χ1n) is 6.01. The van der Waals surface area contributed by atoms with Crippen LogP contribution in [0.2, 0.25) is 10.0 Å². The van der Waals surface area contributed by atoms with Gasteiger partial charge in [0.05, 0.1) is 15.3 Å². The number of aromatic nitrogens is 2. The van der Waals surface area contributed by atoms with Crippen LogP contribution in [0.4, 0.5) is 10.8 Å². The molecule has 9 heteroatoms. The number of amides is 1. The predicted octanol–water partition coefficient (Wildman–Crippen LogP) is 3.94. The van der Waals surface area contributed by atoms with Crippen LogP contribution in [0.15, 0.2) is 22.5 Å². The van der Waals surface area contributed by atoms with Crippen LogP contribution < -0.4 is 11.1 Å². The monoisotopic (exact) mass is 362 g/mol. The lowest BCUT2D eigenvalue weighted by Crippen LogP contribution is -2.24. The molecule has 1 heterocycles. The summed E-state index contributed by atoms with van der Waals surface area (Å²) in [4.78, 5) is 12.3. The highest BCUT2D eigenvalue weighted by molar-refractivity contribution is 8.02. The van der Waals surface area contributed by atoms with Gasteiger partial charge >= 0.3 is 0 Å². The molecule has 2 rings (SSSR count). The van der Waals surface area contributed by atoms with Gasteiger partial charge in [0.15, 0.2) is 4.34 Å². The highest BCUT2D eigenvalue weighted by Gasteiger charge is 2.20. The molecule has 1 amide bonds. The summed E-state index contributed by atoms with van der Waals surface area (Å²) in [6, 6.07) is 4.95. The summed E-state index contributed by atoms with van der Waals surface area (Å²) >= 11 is 14.4. The topological polar surface area (TPSA) is 80.9 Å². The molecule has 21 heavy (non-hydrogen) atoms. The van der Waals surface area contributed by atoms with Crippen molar-refractivity contribution in [3.8, 4) is 0 Å². The van der Waals surface area contributed by atoms with Crippen LogP contribution in [-0.4, -0.2) is 21.4 Å². The first-order valence-corrected chi connectivity index (χ1v) is 8.46. The molecule has 112 valence electrons. The highest BCUT2D eigenvalue weighted by Crippen LogP contribution is 2.30. The first-order chi connectivity index (χ1) is 9.99. The minimum Gasteiger partial charge on any atom is -0.374 e. The molecule has 0 saturated carbocycles. The average Bonchev–Trinajstić information content (AvgIpc) is 2.85. The fourth-order valence-electron chi connectivity index (χ4n) is 1.51. The molecular formula is C12H12Cl2N4OS2. The van der Waals surface area contributed by atoms with Gasteiger partial charge in [-0.05, 0) is 24.6 Å². The van der Waals surface area contributed by atoms with Crippen LogP contribution in [0.3, 0.4) is 0 Å². The number of rotatable bonds is 5. The van der Waals surface area contributed by atoms with Crippen LogP contribution in [0.25, 0.3) is 0 Å². The number of hydrogen-bond acceptors (Lipinski definition) is 6. The van der Waals surface area contributed by atoms with Crippen molar-refractivity contribution in [1.82, 2.24) is 10.2 Å². The Hall–Kier alpha value is -1.02. The maximum atomic E-state index is 12.3. The van der Waals surface area contributed by atoms with Gasteiger partial charge in [-0.2, -0.15) is 0 Å². The third-order valence-electron chi connectivity index (χ3n) is 2.52. The van der Waals surface area contributed by atoms with E-state index in [4.69, 9.17) is 28.9 Å². The van der Waals surface area contributed by atoms with E-state index in [2.05, 4.69) is 15.5 Å². The van der Waals surface area contributed by atoms with Gasteiger partial charge in [0.1, 0.15) is 0 Å². The van der Waals surface area contributed by atoms with Crippen LogP contribution >= 0.6 is 46.3 Å². The summed E-state index contributed by atoms with van der Waals surface area (Å²) in [5.74, 6) is -0.130. The summed E-state index contributed by atoms with van der Waals surface area (Å²) in [6.07, 6.45) is 0.650. The van der Waals surface area contributed by atoms with Crippen LogP contribution in [0, 0.1) is 0 Å². The number of hydrogen-bond donors (Lipinski definition) is 2. The second-order valence-electron chi connectivity index (χ2n) is 4.04. The van der Waals surface area contributed by atoms with Crippen molar-refractivity contribution >= 4 is 63.0 Å². The van der Waals surface area contributed by atoms with E-state index in [0.29, 0.717) is 31.6 Å². The lowest BCUT2D eigenvalue weighted by Gasteiger charge is -2.13. The zero-order valence-corrected chi connectivity index (χ0v) is 14.1. The maximum Gasteiger partial charge on any atom is 0.237 e. The summed E-state index contributed by atoms with van der Waals surface area (Å²) < 4.78 is 0.670. The fraction of sp³-hybridized carbons (Fsp3) is 0.250. The molecule has 0 aliphatic carbocycles. The molecule has 0 aliphatic rings. The van der Waals surface area contributed by atoms with Gasteiger partial charge in [0.25, 0.3) is 0 Å². The summed E-state index contributed by atoms with van der Waals surface area (Å²) in [5, 5.41) is 11.4. The van der Waals surface area contributed by atoms with Crippen molar-refractivity contribution < 1.29 is 4.79 Å². The average molecular weight is 363 g/mol. The molecule has 3 N–H and O–H groups in total. The lowest BCUT2D eigenvalue weighted by molar-refractivity contribution is -0.115. The third kappa shape index (κ3) is 4.47. The molecule has 2 aromatic rings. The molecule has 0 bridgehead atoms. The van der Waals surface area contributed by atoms with E-state index in [9.17, 15) is 4.79 Å². The van der Waals surface area contributed by atoms with Gasteiger partial charge in [0.2, 0.25) is 11.0 Å². The van der Waals surface area contributed by atoms with Crippen LogP contribution in [0.5, 0.6) is 0 Å². The number of halogens is 2. The number of nitrogens with zero attached hydrogens (tertiary/aromatic N) is 2. The van der Waals surface area contributed by atoms with E-state index in [-0.39, 0.29) is 11.2 Å². The van der Waals surface area contributed by atoms with Crippen molar-refractivity contribution in [2.45, 2.75) is 22.9 Å². The normalized spacial score (nSPS) is 12.1. The number of anilines is 2. The maximum absolute atomic E-state index is 12.3. The summed E-state index contributed by atoms with van der Waals surface area (Å²) in [5.41, 5.74) is 6.13. The SMILES string of the molecule is CCC(Sc1nnc(N)s1)C(=O)Nc1ccc(Cl)c(Cl)c1. The zero-order chi connectivity index (χ0) is 15.4. The smallest absolute Gasteiger partial charge is 0.237 e. The Morgan fingerprint density at radius 1 is 1.43 bits per heavy atom. The second kappa shape index (κ2) is 7.31. The number of benzene rings is 1. The summed E-state index contributed by atoms with van der Waals surface area (Å²) in [6.45, 7) is 1.93. The highest BCUT2D eigenvalue weighted by atomic mass is 35.5. The lowest BCUT2D eigenvalue weighted by atomic mass is 10.2. The Morgan fingerprint density at radius 2 is 2.19 bits per heavy atom. The van der Waals surface area contributed by atoms with Gasteiger partial charge in [-0.1, -0.05) is 53.2 Å². The molecule has 0 spiro atoms. The fourth-order valence-corrected chi connectivity index (χ4v) is 3.61. The third-order valence-corrected chi connectivity index (χ3v) is 5.46. The minimum absolute atomic E-state index is 0.130. The second-order valence-corrected chi connectivity index (χ2v) is 7.31. The van der Waals surface area contributed by atoms with Crippen molar-refractivity contribution in [3.05, 3.63) is 28.2 Å². The largest absolute Gasteiger partial charge is 0.374 e.